The van der Waals surface area contributed by atoms with Crippen LogP contribution in [0.15, 0.2) is 28.8 Å². The summed E-state index contributed by atoms with van der Waals surface area (Å²) in [4.78, 5) is 18.8. The van der Waals surface area contributed by atoms with E-state index in [1.807, 2.05) is 31.2 Å². The summed E-state index contributed by atoms with van der Waals surface area (Å²) in [5.74, 6) is 1.45. The molecule has 5 rings (SSSR count). The molecule has 3 aliphatic rings. The van der Waals surface area contributed by atoms with Gasteiger partial charge in [-0.2, -0.15) is 4.98 Å². The van der Waals surface area contributed by atoms with Crippen molar-refractivity contribution in [2.75, 3.05) is 26.0 Å². The molecule has 1 amide bonds. The molecule has 1 unspecified atom stereocenters. The molecule has 30 heavy (non-hydrogen) atoms. The molecule has 0 bridgehead atoms. The van der Waals surface area contributed by atoms with E-state index in [2.05, 4.69) is 10.1 Å². The van der Waals surface area contributed by atoms with Crippen LogP contribution in [0, 0.1) is 5.41 Å². The Labute approximate surface area is 175 Å². The van der Waals surface area contributed by atoms with Gasteiger partial charge in [-0.3, -0.25) is 4.79 Å². The summed E-state index contributed by atoms with van der Waals surface area (Å²) in [7, 11) is -1.71. The van der Waals surface area contributed by atoms with Crippen molar-refractivity contribution in [3.05, 3.63) is 41.5 Å². The summed E-state index contributed by atoms with van der Waals surface area (Å²) >= 11 is 0. The molecule has 8 nitrogen and oxygen atoms in total. The van der Waals surface area contributed by atoms with E-state index in [0.29, 0.717) is 24.6 Å². The lowest BCUT2D eigenvalue weighted by molar-refractivity contribution is -0.142. The molecular formula is C21H25N3O5S. The Morgan fingerprint density at radius 3 is 2.60 bits per heavy atom. The van der Waals surface area contributed by atoms with Gasteiger partial charge in [-0.05, 0) is 37.0 Å². The highest BCUT2D eigenvalue weighted by Gasteiger charge is 2.66. The maximum atomic E-state index is 12.9. The van der Waals surface area contributed by atoms with Crippen molar-refractivity contribution in [1.29, 1.82) is 0 Å². The summed E-state index contributed by atoms with van der Waals surface area (Å²) in [6.45, 7) is 2.40. The second-order valence-electron chi connectivity index (χ2n) is 9.02. The molecule has 9 heteroatoms. The van der Waals surface area contributed by atoms with E-state index in [1.165, 1.54) is 0 Å². The van der Waals surface area contributed by atoms with E-state index in [-0.39, 0.29) is 36.1 Å². The number of likely N-dealkylation sites (tertiary alicyclic amines) is 1. The number of sulfone groups is 1. The number of nitrogens with zero attached hydrogens (tertiary/aromatic N) is 3. The Bertz CT molecular complexity index is 1080. The quantitative estimate of drug-likeness (QED) is 0.713. The van der Waals surface area contributed by atoms with Crippen molar-refractivity contribution in [1.82, 2.24) is 15.0 Å². The largest absolute Gasteiger partial charge is 0.497 e. The molecule has 160 valence electrons. The third kappa shape index (κ3) is 2.93. The highest BCUT2D eigenvalue weighted by atomic mass is 32.2. The maximum Gasteiger partial charge on any atom is 0.231 e. The van der Waals surface area contributed by atoms with E-state index in [0.717, 1.165) is 24.2 Å². The zero-order chi connectivity index (χ0) is 21.1. The molecule has 2 saturated heterocycles. The molecule has 3 heterocycles. The molecule has 3 fully saturated rings. The van der Waals surface area contributed by atoms with Gasteiger partial charge in [-0.15, -0.1) is 0 Å². The molecule has 1 saturated carbocycles. The number of aromatic nitrogens is 2. The van der Waals surface area contributed by atoms with E-state index in [4.69, 9.17) is 9.26 Å². The molecular weight excluding hydrogens is 406 g/mol. The van der Waals surface area contributed by atoms with Gasteiger partial charge in [0.1, 0.15) is 10.5 Å². The lowest BCUT2D eigenvalue weighted by Crippen LogP contribution is -2.68. The number of amides is 1. The van der Waals surface area contributed by atoms with E-state index >= 15 is 0 Å². The van der Waals surface area contributed by atoms with Crippen molar-refractivity contribution < 1.29 is 22.5 Å². The topological polar surface area (TPSA) is 103 Å². The highest BCUT2D eigenvalue weighted by molar-refractivity contribution is 7.93. The number of carbonyl (C=O) groups is 1. The summed E-state index contributed by atoms with van der Waals surface area (Å²) in [6.07, 6.45) is 2.70. The Kier molecular flexibility index (Phi) is 4.26. The van der Waals surface area contributed by atoms with Crippen molar-refractivity contribution in [3.63, 3.8) is 0 Å². The zero-order valence-electron chi connectivity index (χ0n) is 17.1. The highest BCUT2D eigenvalue weighted by Crippen LogP contribution is 2.53. The van der Waals surface area contributed by atoms with Gasteiger partial charge in [0, 0.05) is 24.9 Å². The van der Waals surface area contributed by atoms with Gasteiger partial charge in [0.05, 0.1) is 18.8 Å². The van der Waals surface area contributed by atoms with Gasteiger partial charge < -0.3 is 14.2 Å². The summed E-state index contributed by atoms with van der Waals surface area (Å²) < 4.78 is 35.5. The number of methoxy groups -OCH3 is 1. The Morgan fingerprint density at radius 1 is 1.27 bits per heavy atom. The van der Waals surface area contributed by atoms with Crippen LogP contribution in [0.5, 0.6) is 5.75 Å². The van der Waals surface area contributed by atoms with Gasteiger partial charge >= 0.3 is 0 Å². The Balaban J connectivity index is 1.34. The van der Waals surface area contributed by atoms with Gasteiger partial charge in [-0.25, -0.2) is 8.42 Å². The first-order valence-corrected chi connectivity index (χ1v) is 11.9. The molecule has 1 spiro atoms. The predicted molar refractivity (Wildman–Crippen MR) is 108 cm³/mol. The van der Waals surface area contributed by atoms with E-state index in [1.54, 1.807) is 12.0 Å². The molecule has 0 N–H and O–H groups in total. The monoisotopic (exact) mass is 431 g/mol. The summed E-state index contributed by atoms with van der Waals surface area (Å²) in [6, 6.07) is 7.61. The number of benzene rings is 1. The van der Waals surface area contributed by atoms with Crippen LogP contribution in [0.1, 0.15) is 49.4 Å². The normalized spacial score (nSPS) is 25.1. The number of hydrogen-bond acceptors (Lipinski definition) is 7. The van der Waals surface area contributed by atoms with Crippen molar-refractivity contribution in [2.24, 2.45) is 5.41 Å². The molecule has 1 aromatic carbocycles. The second kappa shape index (κ2) is 6.54. The van der Waals surface area contributed by atoms with Gasteiger partial charge in [0.2, 0.25) is 11.8 Å². The number of hydrogen-bond donors (Lipinski definition) is 0. The van der Waals surface area contributed by atoms with Crippen LogP contribution >= 0.6 is 0 Å². The molecule has 1 aromatic heterocycles. The zero-order valence-corrected chi connectivity index (χ0v) is 17.9. The molecule has 2 aliphatic heterocycles. The van der Waals surface area contributed by atoms with Crippen LogP contribution in [-0.2, 0) is 21.1 Å². The minimum atomic E-state index is -3.33. The Morgan fingerprint density at radius 2 is 1.97 bits per heavy atom. The first kappa shape index (κ1) is 19.5. The molecule has 2 aromatic rings. The minimum Gasteiger partial charge on any atom is -0.497 e. The third-order valence-electron chi connectivity index (χ3n) is 6.95. The first-order valence-electron chi connectivity index (χ1n) is 10.2. The van der Waals surface area contributed by atoms with Crippen molar-refractivity contribution >= 4 is 15.7 Å². The third-order valence-corrected chi connectivity index (χ3v) is 9.51. The fourth-order valence-corrected chi connectivity index (χ4v) is 6.96. The van der Waals surface area contributed by atoms with Gasteiger partial charge in [0.25, 0.3) is 0 Å². The van der Waals surface area contributed by atoms with Gasteiger partial charge in [-0.1, -0.05) is 24.2 Å². The fourth-order valence-electron chi connectivity index (χ4n) is 4.65. The number of ether oxygens (including phenoxy) is 1. The smallest absolute Gasteiger partial charge is 0.231 e. The van der Waals surface area contributed by atoms with Crippen molar-refractivity contribution in [3.8, 4) is 5.75 Å². The van der Waals surface area contributed by atoms with Crippen molar-refractivity contribution in [2.45, 2.75) is 43.3 Å². The first-order chi connectivity index (χ1) is 14.3. The molecule has 0 radical (unpaired) electrons. The van der Waals surface area contributed by atoms with Crippen LogP contribution in [0.4, 0.5) is 0 Å². The van der Waals surface area contributed by atoms with Crippen LogP contribution in [0.2, 0.25) is 0 Å². The van der Waals surface area contributed by atoms with Crippen LogP contribution in [0.25, 0.3) is 0 Å². The van der Waals surface area contributed by atoms with Crippen LogP contribution in [-0.4, -0.2) is 60.1 Å². The molecule has 1 aliphatic carbocycles. The predicted octanol–water partition coefficient (Wildman–Crippen LogP) is 1.95. The Hall–Kier alpha value is -2.42. The fraction of sp³-hybridized carbons (Fsp3) is 0.571. The number of rotatable bonds is 5. The molecule has 1 atom stereocenters. The summed E-state index contributed by atoms with van der Waals surface area (Å²) in [5.41, 5.74) is 0.713. The SMILES string of the molecule is COc1ccc(Cc2noc(C3CCS(=O)(=O)C34CN(C(=O)C3(C)CC3)C4)n2)cc1. The minimum absolute atomic E-state index is 0.0692. The number of carbonyl (C=O) groups excluding carboxylic acids is 1. The van der Waals surface area contributed by atoms with E-state index in [9.17, 15) is 13.2 Å². The van der Waals surface area contributed by atoms with Crippen LogP contribution in [0.3, 0.4) is 0 Å². The maximum absolute atomic E-state index is 12.9. The average molecular weight is 432 g/mol. The van der Waals surface area contributed by atoms with Gasteiger partial charge in [0.15, 0.2) is 15.7 Å². The lowest BCUT2D eigenvalue weighted by atomic mass is 9.82. The second-order valence-corrected chi connectivity index (χ2v) is 11.5. The van der Waals surface area contributed by atoms with Crippen LogP contribution < -0.4 is 4.74 Å². The summed E-state index contributed by atoms with van der Waals surface area (Å²) in [5, 5.41) is 4.08. The lowest BCUT2D eigenvalue weighted by Gasteiger charge is -2.49. The average Bonchev–Trinajstić information content (AvgIpc) is 3.16. The van der Waals surface area contributed by atoms with E-state index < -0.39 is 14.6 Å². The standard InChI is InChI=1S/C21H25N3O5S/c1-20(8-9-20)19(25)24-12-21(13-24)16(7-10-30(21,26)27)18-22-17(23-29-18)11-14-3-5-15(28-2)6-4-14/h3-6,16H,7-13H2,1-2H3.